The highest BCUT2D eigenvalue weighted by Gasteiger charge is 2.03. The van der Waals surface area contributed by atoms with Crippen molar-refractivity contribution in [2.45, 2.75) is 46.1 Å². The van der Waals surface area contributed by atoms with Crippen molar-refractivity contribution in [3.8, 4) is 0 Å². The van der Waals surface area contributed by atoms with E-state index in [1.54, 1.807) is 0 Å². The molecule has 0 saturated carbocycles. The van der Waals surface area contributed by atoms with Crippen LogP contribution in [0.5, 0.6) is 0 Å². The van der Waals surface area contributed by atoms with Crippen LogP contribution < -0.4 is 5.32 Å². The molecule has 0 heterocycles. The van der Waals surface area contributed by atoms with Gasteiger partial charge in [-0.1, -0.05) is 32.4 Å². The lowest BCUT2D eigenvalue weighted by atomic mass is 10.1. The lowest BCUT2D eigenvalue weighted by Crippen LogP contribution is -2.17. The van der Waals surface area contributed by atoms with Gasteiger partial charge in [0.25, 0.3) is 0 Å². The molecule has 0 spiro atoms. The van der Waals surface area contributed by atoms with Gasteiger partial charge >= 0.3 is 0 Å². The van der Waals surface area contributed by atoms with Crippen LogP contribution in [0.15, 0.2) is 24.3 Å². The number of nitrogens with one attached hydrogen (secondary N) is 1. The minimum Gasteiger partial charge on any atom is -0.382 e. The summed E-state index contributed by atoms with van der Waals surface area (Å²) >= 11 is 0. The molecule has 1 atom stereocenters. The quantitative estimate of drug-likeness (QED) is 0.742. The maximum Gasteiger partial charge on any atom is 0.0344 e. The second kappa shape index (κ2) is 5.69. The lowest BCUT2D eigenvalue weighted by Gasteiger charge is -2.17. The van der Waals surface area contributed by atoms with Crippen molar-refractivity contribution in [2.24, 2.45) is 0 Å². The Bertz CT molecular complexity index is 268. The van der Waals surface area contributed by atoms with Crippen LogP contribution in [0, 0.1) is 6.92 Å². The largest absolute Gasteiger partial charge is 0.382 e. The van der Waals surface area contributed by atoms with Crippen molar-refractivity contribution in [1.29, 1.82) is 0 Å². The number of anilines is 1. The zero-order valence-corrected chi connectivity index (χ0v) is 9.51. The van der Waals surface area contributed by atoms with Crippen LogP contribution in [0.4, 0.5) is 5.69 Å². The summed E-state index contributed by atoms with van der Waals surface area (Å²) in [6, 6.07) is 9.22. The van der Waals surface area contributed by atoms with Crippen LogP contribution in [0.25, 0.3) is 0 Å². The Kier molecular flexibility index (Phi) is 4.51. The molecule has 0 aliphatic rings. The summed E-state index contributed by atoms with van der Waals surface area (Å²) in [4.78, 5) is 0. The molecule has 0 bridgehead atoms. The van der Waals surface area contributed by atoms with Gasteiger partial charge in [-0.25, -0.2) is 0 Å². The highest BCUT2D eigenvalue weighted by Crippen LogP contribution is 2.14. The molecule has 1 unspecified atom stereocenters. The van der Waals surface area contributed by atoms with E-state index in [0.717, 1.165) is 0 Å². The van der Waals surface area contributed by atoms with Crippen LogP contribution in [0.1, 0.15) is 38.7 Å². The highest BCUT2D eigenvalue weighted by atomic mass is 14.9. The van der Waals surface area contributed by atoms with Gasteiger partial charge in [-0.15, -0.1) is 0 Å². The van der Waals surface area contributed by atoms with E-state index in [2.05, 4.69) is 50.4 Å². The fraction of sp³-hybridized carbons (Fsp3) is 0.538. The maximum absolute atomic E-state index is 3.57. The van der Waals surface area contributed by atoms with Crippen LogP contribution in [-0.2, 0) is 0 Å². The van der Waals surface area contributed by atoms with E-state index < -0.39 is 0 Å². The highest BCUT2D eigenvalue weighted by molar-refractivity contribution is 5.46. The lowest BCUT2D eigenvalue weighted by molar-refractivity contribution is 0.623. The molecule has 1 nitrogen and oxygen atoms in total. The summed E-state index contributed by atoms with van der Waals surface area (Å²) < 4.78 is 0. The molecular weight excluding hydrogens is 170 g/mol. The Morgan fingerprint density at radius 3 is 2.64 bits per heavy atom. The van der Waals surface area contributed by atoms with Crippen molar-refractivity contribution < 1.29 is 0 Å². The summed E-state index contributed by atoms with van der Waals surface area (Å²) in [5.41, 5.74) is 2.58. The van der Waals surface area contributed by atoms with E-state index in [9.17, 15) is 0 Å². The molecule has 0 amide bonds. The monoisotopic (exact) mass is 191 g/mol. The third-order valence-corrected chi connectivity index (χ3v) is 2.52. The van der Waals surface area contributed by atoms with Crippen LogP contribution in [-0.4, -0.2) is 6.04 Å². The van der Waals surface area contributed by atoms with Crippen molar-refractivity contribution in [1.82, 2.24) is 0 Å². The van der Waals surface area contributed by atoms with Gasteiger partial charge in [0, 0.05) is 11.7 Å². The van der Waals surface area contributed by atoms with Gasteiger partial charge < -0.3 is 5.32 Å². The van der Waals surface area contributed by atoms with Crippen LogP contribution in [0.3, 0.4) is 0 Å². The molecule has 1 N–H and O–H groups in total. The molecule has 0 aliphatic heterocycles. The smallest absolute Gasteiger partial charge is 0.0344 e. The zero-order valence-electron chi connectivity index (χ0n) is 9.51. The molecule has 1 aromatic rings. The van der Waals surface area contributed by atoms with Crippen molar-refractivity contribution >= 4 is 5.69 Å². The molecule has 0 radical (unpaired) electrons. The summed E-state index contributed by atoms with van der Waals surface area (Å²) in [5.74, 6) is 0. The Morgan fingerprint density at radius 1 is 1.29 bits per heavy atom. The van der Waals surface area contributed by atoms with E-state index >= 15 is 0 Å². The number of aryl methyl sites for hydroxylation is 1. The maximum atomic E-state index is 3.57. The van der Waals surface area contributed by atoms with E-state index in [1.165, 1.54) is 30.5 Å². The zero-order chi connectivity index (χ0) is 10.4. The second-order valence-corrected chi connectivity index (χ2v) is 3.91. The van der Waals surface area contributed by atoms with Crippen molar-refractivity contribution in [2.75, 3.05) is 5.32 Å². The number of hydrogen-bond acceptors (Lipinski definition) is 1. The summed E-state index contributed by atoms with van der Waals surface area (Å²) in [7, 11) is 0. The predicted octanol–water partition coefficient (Wildman–Crippen LogP) is 3.99. The average Bonchev–Trinajstić information content (AvgIpc) is 2.17. The van der Waals surface area contributed by atoms with E-state index in [1.807, 2.05) is 0 Å². The summed E-state index contributed by atoms with van der Waals surface area (Å²) in [5, 5.41) is 3.57. The van der Waals surface area contributed by atoms with Crippen molar-refractivity contribution in [3.05, 3.63) is 29.8 Å². The Hall–Kier alpha value is -0.980. The number of rotatable bonds is 5. The average molecular weight is 191 g/mol. The first-order chi connectivity index (χ1) is 6.76. The van der Waals surface area contributed by atoms with Crippen LogP contribution >= 0.6 is 0 Å². The van der Waals surface area contributed by atoms with Gasteiger partial charge in [-0.3, -0.25) is 0 Å². The molecular formula is C13H21N. The standard InChI is InChI=1S/C13H21N/c1-4-7-12(5-2)14-13-9-6-8-11(3)10-13/h6,8-10,12,14H,4-5,7H2,1-3H3. The topological polar surface area (TPSA) is 12.0 Å². The van der Waals surface area contributed by atoms with Gasteiger partial charge in [0.05, 0.1) is 0 Å². The predicted molar refractivity (Wildman–Crippen MR) is 63.8 cm³/mol. The third-order valence-electron chi connectivity index (χ3n) is 2.52. The molecule has 78 valence electrons. The van der Waals surface area contributed by atoms with Gasteiger partial charge in [0.2, 0.25) is 0 Å². The summed E-state index contributed by atoms with van der Waals surface area (Å²) in [6.07, 6.45) is 3.70. The van der Waals surface area contributed by atoms with Crippen LogP contribution in [0.2, 0.25) is 0 Å². The molecule has 0 fully saturated rings. The Morgan fingerprint density at radius 2 is 2.07 bits per heavy atom. The minimum atomic E-state index is 0.627. The molecule has 0 aliphatic carbocycles. The molecule has 0 aromatic heterocycles. The molecule has 14 heavy (non-hydrogen) atoms. The van der Waals surface area contributed by atoms with Gasteiger partial charge in [0.1, 0.15) is 0 Å². The fourth-order valence-electron chi connectivity index (χ4n) is 1.70. The minimum absolute atomic E-state index is 0.627. The van der Waals surface area contributed by atoms with E-state index in [4.69, 9.17) is 0 Å². The number of hydrogen-bond donors (Lipinski definition) is 1. The van der Waals surface area contributed by atoms with E-state index in [0.29, 0.717) is 6.04 Å². The third kappa shape index (κ3) is 3.41. The van der Waals surface area contributed by atoms with Gasteiger partial charge in [-0.05, 0) is 37.5 Å². The summed E-state index contributed by atoms with van der Waals surface area (Å²) in [6.45, 7) is 6.61. The second-order valence-electron chi connectivity index (χ2n) is 3.91. The normalized spacial score (nSPS) is 12.5. The Balaban J connectivity index is 2.57. The molecule has 1 aromatic carbocycles. The first-order valence-corrected chi connectivity index (χ1v) is 5.59. The Labute approximate surface area is 87.5 Å². The number of benzene rings is 1. The fourth-order valence-corrected chi connectivity index (χ4v) is 1.70. The first kappa shape index (κ1) is 11.1. The first-order valence-electron chi connectivity index (χ1n) is 5.59. The van der Waals surface area contributed by atoms with Gasteiger partial charge in [0.15, 0.2) is 0 Å². The molecule has 1 heteroatoms. The van der Waals surface area contributed by atoms with E-state index in [-0.39, 0.29) is 0 Å². The molecule has 1 rings (SSSR count). The van der Waals surface area contributed by atoms with Crippen molar-refractivity contribution in [3.63, 3.8) is 0 Å². The molecule has 0 saturated heterocycles. The van der Waals surface area contributed by atoms with Gasteiger partial charge in [-0.2, -0.15) is 0 Å². The SMILES string of the molecule is CCCC(CC)Nc1cccc(C)c1.